The Balaban J connectivity index is 1.51. The average molecular weight is 415 g/mol. The van der Waals surface area contributed by atoms with E-state index in [1.807, 2.05) is 10.7 Å². The minimum atomic E-state index is 0.337. The second-order valence-electron chi connectivity index (χ2n) is 9.16. The molecule has 4 heterocycles. The summed E-state index contributed by atoms with van der Waals surface area (Å²) < 4.78 is 1.84. The summed E-state index contributed by atoms with van der Waals surface area (Å²) in [4.78, 5) is 6.76. The first-order valence-electron chi connectivity index (χ1n) is 11.2. The number of H-pyrrole nitrogens is 1. The Morgan fingerprint density at radius 2 is 1.81 bits per heavy atom. The molecule has 1 aromatic carbocycles. The molecule has 0 spiro atoms. The number of benzene rings is 1. The fourth-order valence-electron chi connectivity index (χ4n) is 4.84. The molecule has 3 aromatic heterocycles. The zero-order chi connectivity index (χ0) is 21.5. The summed E-state index contributed by atoms with van der Waals surface area (Å²) in [5.41, 5.74) is 9.03. The summed E-state index contributed by atoms with van der Waals surface area (Å²) in [7, 11) is 2.21. The zero-order valence-corrected chi connectivity index (χ0v) is 18.8. The van der Waals surface area contributed by atoms with Gasteiger partial charge < -0.3 is 4.90 Å². The van der Waals surface area contributed by atoms with Crippen LogP contribution in [-0.4, -0.2) is 49.8 Å². The van der Waals surface area contributed by atoms with Crippen molar-refractivity contribution in [2.24, 2.45) is 0 Å². The van der Waals surface area contributed by atoms with Crippen LogP contribution in [0.4, 0.5) is 0 Å². The first-order valence-corrected chi connectivity index (χ1v) is 11.2. The van der Waals surface area contributed by atoms with Gasteiger partial charge in [0.05, 0.1) is 11.4 Å². The van der Waals surface area contributed by atoms with Crippen molar-refractivity contribution in [1.29, 1.82) is 0 Å². The number of hydrogen-bond donors (Lipinski definition) is 1. The third-order valence-corrected chi connectivity index (χ3v) is 6.60. The van der Waals surface area contributed by atoms with Crippen molar-refractivity contribution in [3.8, 4) is 22.5 Å². The molecule has 31 heavy (non-hydrogen) atoms. The number of aryl methyl sites for hydroxylation is 1. The van der Waals surface area contributed by atoms with E-state index in [1.54, 1.807) is 6.33 Å². The van der Waals surface area contributed by atoms with Crippen LogP contribution in [0, 0.1) is 6.92 Å². The summed E-state index contributed by atoms with van der Waals surface area (Å²) in [5, 5.41) is 12.4. The van der Waals surface area contributed by atoms with E-state index < -0.39 is 0 Å². The molecule has 6 heteroatoms. The van der Waals surface area contributed by atoms with Gasteiger partial charge in [0.1, 0.15) is 6.33 Å². The predicted molar refractivity (Wildman–Crippen MR) is 124 cm³/mol. The largest absolute Gasteiger partial charge is 0.306 e. The summed E-state index contributed by atoms with van der Waals surface area (Å²) in [6.07, 6.45) is 6.11. The van der Waals surface area contributed by atoms with Gasteiger partial charge in [-0.05, 0) is 68.9 Å². The van der Waals surface area contributed by atoms with Crippen molar-refractivity contribution >= 4 is 5.65 Å². The Bertz CT molecular complexity index is 1190. The maximum Gasteiger partial charge on any atom is 0.158 e. The van der Waals surface area contributed by atoms with Crippen LogP contribution < -0.4 is 0 Å². The molecule has 0 radical (unpaired) electrons. The lowest BCUT2D eigenvalue weighted by molar-refractivity contribution is 0.255. The summed E-state index contributed by atoms with van der Waals surface area (Å²) in [5.74, 6) is 1.01. The van der Waals surface area contributed by atoms with Crippen LogP contribution in [-0.2, 0) is 0 Å². The molecule has 0 unspecified atom stereocenters. The molecule has 1 aliphatic rings. The number of nitrogens with zero attached hydrogens (tertiary/aromatic N) is 5. The monoisotopic (exact) mass is 414 g/mol. The predicted octanol–water partition coefficient (Wildman–Crippen LogP) is 5.03. The number of aromatic nitrogens is 5. The third kappa shape index (κ3) is 3.65. The lowest BCUT2D eigenvalue weighted by Gasteiger charge is -2.29. The quantitative estimate of drug-likeness (QED) is 0.509. The van der Waals surface area contributed by atoms with Gasteiger partial charge in [-0.15, -0.1) is 0 Å². The van der Waals surface area contributed by atoms with E-state index in [-0.39, 0.29) is 0 Å². The fraction of sp³-hybridized carbons (Fsp3) is 0.400. The Morgan fingerprint density at radius 1 is 1.06 bits per heavy atom. The maximum atomic E-state index is 4.76. The number of likely N-dealkylation sites (tertiary alicyclic amines) is 1. The van der Waals surface area contributed by atoms with Gasteiger partial charge in [-0.2, -0.15) is 10.2 Å². The number of aromatic amines is 1. The molecule has 0 saturated carbocycles. The highest BCUT2D eigenvalue weighted by Crippen LogP contribution is 2.37. The minimum absolute atomic E-state index is 0.337. The van der Waals surface area contributed by atoms with Crippen LogP contribution in [0.15, 0.2) is 42.9 Å². The summed E-state index contributed by atoms with van der Waals surface area (Å²) >= 11 is 0. The normalized spacial score (nSPS) is 15.9. The van der Waals surface area contributed by atoms with E-state index in [4.69, 9.17) is 5.10 Å². The third-order valence-electron chi connectivity index (χ3n) is 6.60. The molecule has 5 rings (SSSR count). The maximum absolute atomic E-state index is 4.76. The van der Waals surface area contributed by atoms with Gasteiger partial charge in [-0.25, -0.2) is 9.50 Å². The minimum Gasteiger partial charge on any atom is -0.306 e. The number of pyridine rings is 1. The number of rotatable bonds is 4. The first-order chi connectivity index (χ1) is 15.0. The molecule has 0 atom stereocenters. The molecule has 1 fully saturated rings. The molecule has 4 aromatic rings. The number of nitrogens with one attached hydrogen (secondary N) is 1. The van der Waals surface area contributed by atoms with Gasteiger partial charge in [0, 0.05) is 22.9 Å². The molecular formula is C25H30N6. The van der Waals surface area contributed by atoms with Crippen molar-refractivity contribution in [3.05, 3.63) is 59.5 Å². The molecule has 1 aliphatic heterocycles. The number of fused-ring (bicyclic) bond motifs is 1. The smallest absolute Gasteiger partial charge is 0.158 e. The van der Waals surface area contributed by atoms with Gasteiger partial charge in [0.2, 0.25) is 0 Å². The first kappa shape index (κ1) is 19.9. The van der Waals surface area contributed by atoms with Crippen LogP contribution >= 0.6 is 0 Å². The highest BCUT2D eigenvalue weighted by atomic mass is 15.3. The van der Waals surface area contributed by atoms with Gasteiger partial charge in [-0.1, -0.05) is 38.1 Å². The van der Waals surface area contributed by atoms with Crippen molar-refractivity contribution in [2.75, 3.05) is 20.1 Å². The van der Waals surface area contributed by atoms with Gasteiger partial charge in [0.15, 0.2) is 5.65 Å². The van der Waals surface area contributed by atoms with Crippen LogP contribution in [0.2, 0.25) is 0 Å². The second-order valence-corrected chi connectivity index (χ2v) is 9.16. The van der Waals surface area contributed by atoms with E-state index in [9.17, 15) is 0 Å². The standard InChI is InChI=1S/C25H30N6/c1-16(2)22-23(20-7-5-18(6-8-20)19-9-11-30(4)12-10-19)28-29-24(22)21-13-17(3)25-26-15-27-31(25)14-21/h5-8,13-16,19H,9-12H2,1-4H3,(H,28,29). The molecule has 1 saturated heterocycles. The molecule has 1 N–H and O–H groups in total. The van der Waals surface area contributed by atoms with Crippen LogP contribution in [0.1, 0.15) is 55.2 Å². The van der Waals surface area contributed by atoms with Crippen molar-refractivity contribution in [2.45, 2.75) is 45.4 Å². The molecule has 6 nitrogen and oxygen atoms in total. The Morgan fingerprint density at radius 3 is 2.52 bits per heavy atom. The van der Waals surface area contributed by atoms with E-state index in [2.05, 4.69) is 78.2 Å². The van der Waals surface area contributed by atoms with E-state index in [1.165, 1.54) is 42.6 Å². The SMILES string of the molecule is Cc1cc(-c2[nH]nc(-c3ccc(C4CCN(C)CC4)cc3)c2C(C)C)cn2ncnc12. The second kappa shape index (κ2) is 7.93. The molecule has 0 amide bonds. The zero-order valence-electron chi connectivity index (χ0n) is 18.8. The van der Waals surface area contributed by atoms with Crippen molar-refractivity contribution < 1.29 is 0 Å². The van der Waals surface area contributed by atoms with Gasteiger partial charge in [-0.3, -0.25) is 5.10 Å². The Hall–Kier alpha value is -2.99. The lowest BCUT2D eigenvalue weighted by atomic mass is 9.88. The molecule has 0 bridgehead atoms. The summed E-state index contributed by atoms with van der Waals surface area (Å²) in [6, 6.07) is 11.2. The number of piperidine rings is 1. The van der Waals surface area contributed by atoms with E-state index in [0.29, 0.717) is 11.8 Å². The van der Waals surface area contributed by atoms with Crippen LogP contribution in [0.25, 0.3) is 28.2 Å². The topological polar surface area (TPSA) is 62.1 Å². The van der Waals surface area contributed by atoms with E-state index >= 15 is 0 Å². The molecule has 160 valence electrons. The Labute approximate surface area is 183 Å². The average Bonchev–Trinajstić information content (AvgIpc) is 3.42. The van der Waals surface area contributed by atoms with Crippen molar-refractivity contribution in [3.63, 3.8) is 0 Å². The highest BCUT2D eigenvalue weighted by molar-refractivity contribution is 5.76. The number of hydrogen-bond acceptors (Lipinski definition) is 4. The van der Waals surface area contributed by atoms with Gasteiger partial charge in [0.25, 0.3) is 0 Å². The molecule has 0 aliphatic carbocycles. The van der Waals surface area contributed by atoms with Crippen LogP contribution in [0.5, 0.6) is 0 Å². The van der Waals surface area contributed by atoms with Gasteiger partial charge >= 0.3 is 0 Å². The van der Waals surface area contributed by atoms with Crippen LogP contribution in [0.3, 0.4) is 0 Å². The van der Waals surface area contributed by atoms with Crippen molar-refractivity contribution in [1.82, 2.24) is 29.7 Å². The Kier molecular flexibility index (Phi) is 5.10. The van der Waals surface area contributed by atoms with E-state index in [0.717, 1.165) is 28.2 Å². The molecular weight excluding hydrogens is 384 g/mol. The lowest BCUT2D eigenvalue weighted by Crippen LogP contribution is -2.29. The fourth-order valence-corrected chi connectivity index (χ4v) is 4.84. The summed E-state index contributed by atoms with van der Waals surface area (Å²) in [6.45, 7) is 8.89. The highest BCUT2D eigenvalue weighted by Gasteiger charge is 2.22.